The molecule has 4 heterocycles. The van der Waals surface area contributed by atoms with Crippen LogP contribution in [0.25, 0.3) is 10.4 Å². The molecule has 1 atom stereocenters. The van der Waals surface area contributed by atoms with Crippen molar-refractivity contribution in [3.63, 3.8) is 0 Å². The molecule has 134 valence electrons. The van der Waals surface area contributed by atoms with E-state index in [4.69, 9.17) is 0 Å². The number of benzene rings is 1. The first-order chi connectivity index (χ1) is 13.4. The summed E-state index contributed by atoms with van der Waals surface area (Å²) in [6.07, 6.45) is 4.67. The Hall–Kier alpha value is -2.76. The van der Waals surface area contributed by atoms with Gasteiger partial charge in [-0.15, -0.1) is 11.3 Å². The van der Waals surface area contributed by atoms with Crippen molar-refractivity contribution >= 4 is 11.3 Å². The van der Waals surface area contributed by atoms with Gasteiger partial charge in [-0.1, -0.05) is 36.4 Å². The van der Waals surface area contributed by atoms with E-state index in [1.54, 1.807) is 0 Å². The summed E-state index contributed by atoms with van der Waals surface area (Å²) < 4.78 is 0. The number of imidazole rings is 1. The van der Waals surface area contributed by atoms with Crippen LogP contribution in [0.15, 0.2) is 73.2 Å². The maximum atomic E-state index is 4.63. The molecule has 0 bridgehead atoms. The third kappa shape index (κ3) is 3.20. The second kappa shape index (κ2) is 7.10. The van der Waals surface area contributed by atoms with Crippen LogP contribution in [0.3, 0.4) is 0 Å². The van der Waals surface area contributed by atoms with Gasteiger partial charge < -0.3 is 4.98 Å². The SMILES string of the molecule is c1ccc(-c2ccc(CN3CCc4[nH]cnc4C3c3ccccn3)s2)cc1. The highest BCUT2D eigenvalue weighted by atomic mass is 32.1. The van der Waals surface area contributed by atoms with Gasteiger partial charge in [0.25, 0.3) is 0 Å². The van der Waals surface area contributed by atoms with Crippen molar-refractivity contribution in [3.05, 3.63) is 95.1 Å². The lowest BCUT2D eigenvalue weighted by atomic mass is 9.99. The second-order valence-corrected chi connectivity index (χ2v) is 7.94. The minimum absolute atomic E-state index is 0.100. The van der Waals surface area contributed by atoms with Crippen LogP contribution in [-0.2, 0) is 13.0 Å². The smallest absolute Gasteiger partial charge is 0.0971 e. The van der Waals surface area contributed by atoms with E-state index in [0.717, 1.165) is 30.9 Å². The van der Waals surface area contributed by atoms with E-state index in [1.165, 1.54) is 21.0 Å². The molecular weight excluding hydrogens is 352 g/mol. The lowest BCUT2D eigenvalue weighted by Crippen LogP contribution is -2.36. The third-order valence-corrected chi connectivity index (χ3v) is 6.19. The molecule has 4 nitrogen and oxygen atoms in total. The average molecular weight is 372 g/mol. The van der Waals surface area contributed by atoms with Crippen LogP contribution in [0.4, 0.5) is 0 Å². The summed E-state index contributed by atoms with van der Waals surface area (Å²) in [7, 11) is 0. The molecular formula is C22H20N4S. The Morgan fingerprint density at radius 2 is 1.89 bits per heavy atom. The maximum Gasteiger partial charge on any atom is 0.0971 e. The largest absolute Gasteiger partial charge is 0.348 e. The number of pyridine rings is 1. The molecule has 1 N–H and O–H groups in total. The van der Waals surface area contributed by atoms with Gasteiger partial charge in [0.1, 0.15) is 0 Å². The number of nitrogens with zero attached hydrogens (tertiary/aromatic N) is 3. The first-order valence-corrected chi connectivity index (χ1v) is 10.0. The van der Waals surface area contributed by atoms with Crippen molar-refractivity contribution in [1.29, 1.82) is 0 Å². The predicted octanol–water partition coefficient (Wildman–Crippen LogP) is 4.68. The van der Waals surface area contributed by atoms with E-state index in [1.807, 2.05) is 29.9 Å². The molecule has 0 aliphatic carbocycles. The predicted molar refractivity (Wildman–Crippen MR) is 109 cm³/mol. The van der Waals surface area contributed by atoms with E-state index < -0.39 is 0 Å². The van der Waals surface area contributed by atoms with Crippen molar-refractivity contribution in [2.45, 2.75) is 19.0 Å². The van der Waals surface area contributed by atoms with Crippen LogP contribution in [0.1, 0.15) is 28.0 Å². The summed E-state index contributed by atoms with van der Waals surface area (Å²) in [5.41, 5.74) is 4.69. The fraction of sp³-hybridized carbons (Fsp3) is 0.182. The number of hydrogen-bond acceptors (Lipinski definition) is 4. The number of H-pyrrole nitrogens is 1. The molecule has 5 rings (SSSR count). The highest BCUT2D eigenvalue weighted by Crippen LogP contribution is 2.35. The molecule has 1 aliphatic rings. The lowest BCUT2D eigenvalue weighted by Gasteiger charge is -2.34. The second-order valence-electron chi connectivity index (χ2n) is 6.78. The molecule has 3 aromatic heterocycles. The Morgan fingerprint density at radius 3 is 2.74 bits per heavy atom. The van der Waals surface area contributed by atoms with Crippen LogP contribution in [0.2, 0.25) is 0 Å². The molecule has 0 amide bonds. The molecule has 0 radical (unpaired) electrons. The zero-order chi connectivity index (χ0) is 18.1. The van der Waals surface area contributed by atoms with Crippen LogP contribution in [-0.4, -0.2) is 26.4 Å². The number of nitrogens with one attached hydrogen (secondary N) is 1. The van der Waals surface area contributed by atoms with Crippen LogP contribution in [0, 0.1) is 0 Å². The molecule has 0 fully saturated rings. The fourth-order valence-corrected chi connectivity index (χ4v) is 4.82. The van der Waals surface area contributed by atoms with Gasteiger partial charge in [0.2, 0.25) is 0 Å². The third-order valence-electron chi connectivity index (χ3n) is 5.07. The van der Waals surface area contributed by atoms with Crippen molar-refractivity contribution in [1.82, 2.24) is 19.9 Å². The summed E-state index contributed by atoms with van der Waals surface area (Å²) in [5.74, 6) is 0. The number of aromatic amines is 1. The first kappa shape index (κ1) is 16.4. The highest BCUT2D eigenvalue weighted by Gasteiger charge is 2.32. The normalized spacial score (nSPS) is 17.0. The Balaban J connectivity index is 1.45. The quantitative estimate of drug-likeness (QED) is 0.566. The Kier molecular flexibility index (Phi) is 4.32. The van der Waals surface area contributed by atoms with Gasteiger partial charge in [-0.05, 0) is 29.8 Å². The lowest BCUT2D eigenvalue weighted by molar-refractivity contribution is 0.199. The van der Waals surface area contributed by atoms with Crippen molar-refractivity contribution in [2.75, 3.05) is 6.54 Å². The van der Waals surface area contributed by atoms with Gasteiger partial charge in [-0.25, -0.2) is 4.98 Å². The maximum absolute atomic E-state index is 4.63. The molecule has 0 saturated heterocycles. The minimum atomic E-state index is 0.100. The zero-order valence-corrected chi connectivity index (χ0v) is 15.7. The van der Waals surface area contributed by atoms with Crippen molar-refractivity contribution < 1.29 is 0 Å². The summed E-state index contributed by atoms with van der Waals surface area (Å²) >= 11 is 1.87. The number of aromatic nitrogens is 3. The Bertz CT molecular complexity index is 1020. The molecule has 0 spiro atoms. The molecule has 5 heteroatoms. The molecule has 0 saturated carbocycles. The van der Waals surface area contributed by atoms with E-state index >= 15 is 0 Å². The summed E-state index contributed by atoms with van der Waals surface area (Å²) in [6.45, 7) is 1.90. The standard InChI is InChI=1S/C22H20N4S/c1-2-6-16(7-3-1)20-10-9-17(27-20)14-26-13-11-18-21(25-15-24-18)22(26)19-8-4-5-12-23-19/h1-10,12,15,22H,11,13-14H2,(H,24,25). The van der Waals surface area contributed by atoms with Gasteiger partial charge in [-0.3, -0.25) is 9.88 Å². The van der Waals surface area contributed by atoms with Gasteiger partial charge in [0.15, 0.2) is 0 Å². The van der Waals surface area contributed by atoms with E-state index in [2.05, 4.69) is 74.4 Å². The van der Waals surface area contributed by atoms with Crippen LogP contribution >= 0.6 is 11.3 Å². The van der Waals surface area contributed by atoms with E-state index in [-0.39, 0.29) is 6.04 Å². The molecule has 1 unspecified atom stereocenters. The monoisotopic (exact) mass is 372 g/mol. The van der Waals surface area contributed by atoms with Crippen molar-refractivity contribution in [2.24, 2.45) is 0 Å². The molecule has 27 heavy (non-hydrogen) atoms. The van der Waals surface area contributed by atoms with Gasteiger partial charge in [0.05, 0.1) is 23.8 Å². The zero-order valence-electron chi connectivity index (χ0n) is 14.9. The van der Waals surface area contributed by atoms with Gasteiger partial charge in [-0.2, -0.15) is 0 Å². The van der Waals surface area contributed by atoms with Crippen molar-refractivity contribution in [3.8, 4) is 10.4 Å². The fourth-order valence-electron chi connectivity index (χ4n) is 3.78. The molecule has 4 aromatic rings. The molecule has 1 aromatic carbocycles. The Labute approximate surface area is 162 Å². The van der Waals surface area contributed by atoms with Crippen LogP contribution < -0.4 is 0 Å². The first-order valence-electron chi connectivity index (χ1n) is 9.20. The minimum Gasteiger partial charge on any atom is -0.348 e. The van der Waals surface area contributed by atoms with Gasteiger partial charge in [0, 0.05) is 41.2 Å². The van der Waals surface area contributed by atoms with E-state index in [0.29, 0.717) is 0 Å². The Morgan fingerprint density at radius 1 is 1.00 bits per heavy atom. The average Bonchev–Trinajstić information content (AvgIpc) is 3.39. The summed E-state index contributed by atoms with van der Waals surface area (Å²) in [6, 6.07) is 21.3. The van der Waals surface area contributed by atoms with Gasteiger partial charge >= 0.3 is 0 Å². The number of fused-ring (bicyclic) bond motifs is 1. The highest BCUT2D eigenvalue weighted by molar-refractivity contribution is 7.15. The summed E-state index contributed by atoms with van der Waals surface area (Å²) in [5, 5.41) is 0. The molecule has 1 aliphatic heterocycles. The number of thiophene rings is 1. The van der Waals surface area contributed by atoms with Crippen LogP contribution in [0.5, 0.6) is 0 Å². The number of hydrogen-bond donors (Lipinski definition) is 1. The summed E-state index contributed by atoms with van der Waals surface area (Å²) in [4.78, 5) is 17.7. The van der Waals surface area contributed by atoms with E-state index in [9.17, 15) is 0 Å². The number of rotatable bonds is 4. The topological polar surface area (TPSA) is 44.8 Å².